The van der Waals surface area contributed by atoms with Gasteiger partial charge in [-0.15, -0.1) is 0 Å². The summed E-state index contributed by atoms with van der Waals surface area (Å²) in [5.74, 6) is -0.00708. The van der Waals surface area contributed by atoms with Gasteiger partial charge in [0.25, 0.3) is 0 Å². The fourth-order valence-electron chi connectivity index (χ4n) is 1.12. The molecule has 0 fully saturated rings. The Morgan fingerprint density at radius 2 is 1.86 bits per heavy atom. The van der Waals surface area contributed by atoms with E-state index in [1.165, 1.54) is 12.1 Å². The van der Waals surface area contributed by atoms with Crippen LogP contribution in [0.4, 0.5) is 3.89 Å². The molecule has 0 heterocycles. The minimum atomic E-state index is -4.90. The SMILES string of the molecule is CCCc1ccc(OS(=O)(=O)F)cc1. The van der Waals surface area contributed by atoms with Gasteiger partial charge in [-0.05, 0) is 24.1 Å². The Morgan fingerprint density at radius 3 is 2.29 bits per heavy atom. The van der Waals surface area contributed by atoms with Gasteiger partial charge < -0.3 is 4.18 Å². The molecule has 0 atom stereocenters. The standard InChI is InChI=1S/C9H11FO3S/c1-2-3-8-4-6-9(7-5-8)13-14(10,11)12/h4-7H,2-3H2,1H3. The van der Waals surface area contributed by atoms with Crippen LogP contribution in [0, 0.1) is 0 Å². The van der Waals surface area contributed by atoms with Crippen molar-refractivity contribution >= 4 is 10.5 Å². The maximum atomic E-state index is 12.1. The summed E-state index contributed by atoms with van der Waals surface area (Å²) in [5.41, 5.74) is 1.07. The lowest BCUT2D eigenvalue weighted by molar-refractivity contribution is 0.440. The highest BCUT2D eigenvalue weighted by Gasteiger charge is 2.08. The lowest BCUT2D eigenvalue weighted by Crippen LogP contribution is -2.00. The van der Waals surface area contributed by atoms with E-state index in [-0.39, 0.29) is 5.75 Å². The minimum Gasteiger partial charge on any atom is -0.358 e. The average molecular weight is 218 g/mol. The van der Waals surface area contributed by atoms with Gasteiger partial charge in [-0.1, -0.05) is 29.4 Å². The van der Waals surface area contributed by atoms with Crippen LogP contribution in [-0.4, -0.2) is 8.42 Å². The molecule has 0 N–H and O–H groups in total. The summed E-state index contributed by atoms with van der Waals surface area (Å²) in [6, 6.07) is 6.29. The summed E-state index contributed by atoms with van der Waals surface area (Å²) in [4.78, 5) is 0. The number of rotatable bonds is 4. The van der Waals surface area contributed by atoms with Gasteiger partial charge in [0.05, 0.1) is 0 Å². The Labute approximate surface area is 82.9 Å². The lowest BCUT2D eigenvalue weighted by Gasteiger charge is -2.01. The molecule has 0 amide bonds. The summed E-state index contributed by atoms with van der Waals surface area (Å²) in [5, 5.41) is 0. The van der Waals surface area contributed by atoms with E-state index in [1.54, 1.807) is 12.1 Å². The van der Waals surface area contributed by atoms with E-state index in [2.05, 4.69) is 4.18 Å². The van der Waals surface area contributed by atoms with Crippen molar-refractivity contribution in [3.63, 3.8) is 0 Å². The Bertz CT molecular complexity index is 383. The molecule has 5 heteroatoms. The van der Waals surface area contributed by atoms with Crippen LogP contribution in [0.15, 0.2) is 24.3 Å². The van der Waals surface area contributed by atoms with Crippen LogP contribution in [0.25, 0.3) is 0 Å². The quantitative estimate of drug-likeness (QED) is 0.728. The summed E-state index contributed by atoms with van der Waals surface area (Å²) >= 11 is 0. The molecule has 0 aromatic heterocycles. The molecule has 0 unspecified atom stereocenters. The summed E-state index contributed by atoms with van der Waals surface area (Å²) in [6.45, 7) is 2.04. The Balaban J connectivity index is 2.74. The molecule has 3 nitrogen and oxygen atoms in total. The Hall–Kier alpha value is -1.10. The molecule has 78 valence electrons. The predicted molar refractivity (Wildman–Crippen MR) is 51.1 cm³/mol. The minimum absolute atomic E-state index is 0.00708. The third kappa shape index (κ3) is 3.74. The zero-order chi connectivity index (χ0) is 10.6. The Kier molecular flexibility index (Phi) is 3.46. The molecule has 0 spiro atoms. The van der Waals surface area contributed by atoms with Crippen molar-refractivity contribution in [1.82, 2.24) is 0 Å². The van der Waals surface area contributed by atoms with E-state index < -0.39 is 10.5 Å². The van der Waals surface area contributed by atoms with E-state index in [0.717, 1.165) is 18.4 Å². The third-order valence-electron chi connectivity index (χ3n) is 1.66. The van der Waals surface area contributed by atoms with Crippen molar-refractivity contribution in [2.45, 2.75) is 19.8 Å². The second kappa shape index (κ2) is 4.41. The van der Waals surface area contributed by atoms with E-state index in [9.17, 15) is 12.3 Å². The molecule has 1 rings (SSSR count). The maximum Gasteiger partial charge on any atom is 0.488 e. The van der Waals surface area contributed by atoms with Gasteiger partial charge in [0.2, 0.25) is 0 Å². The van der Waals surface area contributed by atoms with Crippen LogP contribution in [-0.2, 0) is 16.9 Å². The fourth-order valence-corrected chi connectivity index (χ4v) is 1.46. The largest absolute Gasteiger partial charge is 0.488 e. The zero-order valence-corrected chi connectivity index (χ0v) is 8.55. The molecule has 0 saturated carbocycles. The van der Waals surface area contributed by atoms with Crippen molar-refractivity contribution in [2.24, 2.45) is 0 Å². The topological polar surface area (TPSA) is 43.4 Å². The maximum absolute atomic E-state index is 12.1. The summed E-state index contributed by atoms with van der Waals surface area (Å²) in [7, 11) is -4.90. The fraction of sp³-hybridized carbons (Fsp3) is 0.333. The first-order chi connectivity index (χ1) is 6.51. The van der Waals surface area contributed by atoms with Crippen molar-refractivity contribution in [3.8, 4) is 5.75 Å². The van der Waals surface area contributed by atoms with E-state index >= 15 is 0 Å². The van der Waals surface area contributed by atoms with Crippen LogP contribution in [0.2, 0.25) is 0 Å². The first-order valence-corrected chi connectivity index (χ1v) is 5.55. The third-order valence-corrected chi connectivity index (χ3v) is 2.05. The molecule has 0 aliphatic heterocycles. The molecule has 1 aromatic carbocycles. The first kappa shape index (κ1) is 11.0. The van der Waals surface area contributed by atoms with Crippen molar-refractivity contribution in [1.29, 1.82) is 0 Å². The molecule has 1 aromatic rings. The lowest BCUT2D eigenvalue weighted by atomic mass is 10.1. The average Bonchev–Trinajstić information content (AvgIpc) is 2.06. The molecule has 0 aliphatic carbocycles. The normalized spacial score (nSPS) is 11.3. The molecule has 0 radical (unpaired) electrons. The predicted octanol–water partition coefficient (Wildman–Crippen LogP) is 2.23. The van der Waals surface area contributed by atoms with Crippen LogP contribution >= 0.6 is 0 Å². The van der Waals surface area contributed by atoms with E-state index in [0.29, 0.717) is 0 Å². The van der Waals surface area contributed by atoms with Crippen molar-refractivity contribution in [2.75, 3.05) is 0 Å². The molecular weight excluding hydrogens is 207 g/mol. The van der Waals surface area contributed by atoms with Crippen molar-refractivity contribution in [3.05, 3.63) is 29.8 Å². The smallest absolute Gasteiger partial charge is 0.358 e. The van der Waals surface area contributed by atoms with Gasteiger partial charge in [0.1, 0.15) is 5.75 Å². The van der Waals surface area contributed by atoms with Crippen LogP contribution in [0.5, 0.6) is 5.75 Å². The van der Waals surface area contributed by atoms with Crippen LogP contribution in [0.1, 0.15) is 18.9 Å². The number of halogens is 1. The highest BCUT2D eigenvalue weighted by molar-refractivity contribution is 7.81. The van der Waals surface area contributed by atoms with Crippen molar-refractivity contribution < 1.29 is 16.5 Å². The molecule has 0 saturated heterocycles. The second-order valence-electron chi connectivity index (χ2n) is 2.87. The number of hydrogen-bond acceptors (Lipinski definition) is 3. The van der Waals surface area contributed by atoms with Gasteiger partial charge in [-0.25, -0.2) is 0 Å². The molecular formula is C9H11FO3S. The van der Waals surface area contributed by atoms with E-state index in [1.807, 2.05) is 6.92 Å². The second-order valence-corrected chi connectivity index (χ2v) is 3.82. The number of hydrogen-bond donors (Lipinski definition) is 0. The van der Waals surface area contributed by atoms with E-state index in [4.69, 9.17) is 0 Å². The first-order valence-electron chi connectivity index (χ1n) is 4.24. The van der Waals surface area contributed by atoms with Gasteiger partial charge in [-0.2, -0.15) is 8.42 Å². The Morgan fingerprint density at radius 1 is 1.29 bits per heavy atom. The monoisotopic (exact) mass is 218 g/mol. The summed E-state index contributed by atoms with van der Waals surface area (Å²) < 4.78 is 36.4. The summed E-state index contributed by atoms with van der Waals surface area (Å²) in [6.07, 6.45) is 1.91. The molecule has 0 bridgehead atoms. The molecule has 14 heavy (non-hydrogen) atoms. The van der Waals surface area contributed by atoms with Gasteiger partial charge in [0, 0.05) is 0 Å². The number of benzene rings is 1. The molecule has 0 aliphatic rings. The van der Waals surface area contributed by atoms with Gasteiger partial charge in [0.15, 0.2) is 0 Å². The van der Waals surface area contributed by atoms with Gasteiger partial charge >= 0.3 is 10.5 Å². The highest BCUT2D eigenvalue weighted by atomic mass is 32.3. The van der Waals surface area contributed by atoms with Crippen LogP contribution in [0.3, 0.4) is 0 Å². The highest BCUT2D eigenvalue weighted by Crippen LogP contribution is 2.15. The zero-order valence-electron chi connectivity index (χ0n) is 7.73. The number of aryl methyl sites for hydroxylation is 1. The van der Waals surface area contributed by atoms with Gasteiger partial charge in [-0.3, -0.25) is 0 Å². The van der Waals surface area contributed by atoms with Crippen LogP contribution < -0.4 is 4.18 Å².